The second-order valence-corrected chi connectivity index (χ2v) is 6.64. The number of hydrogen-bond donors (Lipinski definition) is 3. The summed E-state index contributed by atoms with van der Waals surface area (Å²) in [5.74, 6) is 0.502. The number of rotatable bonds is 8. The predicted molar refractivity (Wildman–Crippen MR) is 90.0 cm³/mol. The second kappa shape index (κ2) is 10.0. The van der Waals surface area contributed by atoms with Crippen LogP contribution in [0.15, 0.2) is 0 Å². The van der Waals surface area contributed by atoms with Gasteiger partial charge in [-0.2, -0.15) is 0 Å². The number of aliphatic hydroxyl groups excluding tert-OH is 1. The normalized spacial score (nSPS) is 21.1. The van der Waals surface area contributed by atoms with E-state index in [0.717, 1.165) is 39.3 Å². The molecule has 0 aliphatic carbocycles. The first-order valence-electron chi connectivity index (χ1n) is 8.56. The minimum absolute atomic E-state index is 0.0255. The third kappa shape index (κ3) is 6.94. The quantitative estimate of drug-likeness (QED) is 0.613. The van der Waals surface area contributed by atoms with Gasteiger partial charge in [0.15, 0.2) is 0 Å². The lowest BCUT2D eigenvalue weighted by atomic mass is 10.1. The number of nitrogens with zero attached hydrogens (tertiary/aromatic N) is 2. The highest BCUT2D eigenvalue weighted by atomic mass is 16.3. The molecule has 1 saturated heterocycles. The zero-order chi connectivity index (χ0) is 16.5. The summed E-state index contributed by atoms with van der Waals surface area (Å²) in [4.78, 5) is 16.8. The largest absolute Gasteiger partial charge is 0.396 e. The summed E-state index contributed by atoms with van der Waals surface area (Å²) < 4.78 is 0. The van der Waals surface area contributed by atoms with E-state index in [4.69, 9.17) is 5.11 Å². The van der Waals surface area contributed by atoms with Gasteiger partial charge in [-0.15, -0.1) is 0 Å². The molecule has 0 aromatic heterocycles. The number of likely N-dealkylation sites (N-methyl/N-ethyl adjacent to an activating group) is 1. The highest BCUT2D eigenvalue weighted by molar-refractivity contribution is 5.74. The molecule has 0 spiro atoms. The Morgan fingerprint density at radius 1 is 1.14 bits per heavy atom. The maximum Gasteiger partial charge on any atom is 0.315 e. The zero-order valence-electron chi connectivity index (χ0n) is 14.6. The first kappa shape index (κ1) is 19.2. The van der Waals surface area contributed by atoms with Crippen LogP contribution in [0.2, 0.25) is 0 Å². The molecule has 0 bridgehead atoms. The molecule has 6 heteroatoms. The molecule has 0 radical (unpaired) electrons. The van der Waals surface area contributed by atoms with Crippen molar-refractivity contribution in [2.24, 2.45) is 11.8 Å². The van der Waals surface area contributed by atoms with Crippen molar-refractivity contribution in [3.8, 4) is 0 Å². The molecule has 1 heterocycles. The second-order valence-electron chi connectivity index (χ2n) is 6.64. The van der Waals surface area contributed by atoms with Crippen molar-refractivity contribution in [1.29, 1.82) is 0 Å². The van der Waals surface area contributed by atoms with Crippen molar-refractivity contribution < 1.29 is 9.90 Å². The van der Waals surface area contributed by atoms with Crippen LogP contribution in [0.5, 0.6) is 0 Å². The Hall–Kier alpha value is -0.850. The van der Waals surface area contributed by atoms with E-state index in [9.17, 15) is 4.79 Å². The number of urea groups is 1. The van der Waals surface area contributed by atoms with Crippen LogP contribution in [-0.2, 0) is 0 Å². The lowest BCUT2D eigenvalue weighted by Gasteiger charge is -2.35. The smallest absolute Gasteiger partial charge is 0.315 e. The SMILES string of the molecule is CCN1CCN(CC(C)CNC(=O)NC(C)C(C)CO)CC1. The molecule has 1 fully saturated rings. The summed E-state index contributed by atoms with van der Waals surface area (Å²) in [6.07, 6.45) is 0. The minimum Gasteiger partial charge on any atom is -0.396 e. The number of hydrogen-bond acceptors (Lipinski definition) is 4. The molecule has 1 aliphatic heterocycles. The Morgan fingerprint density at radius 3 is 2.27 bits per heavy atom. The fraction of sp³-hybridized carbons (Fsp3) is 0.938. The van der Waals surface area contributed by atoms with E-state index in [2.05, 4.69) is 34.3 Å². The van der Waals surface area contributed by atoms with Gasteiger partial charge in [0.25, 0.3) is 0 Å². The van der Waals surface area contributed by atoms with Crippen molar-refractivity contribution in [3.05, 3.63) is 0 Å². The highest BCUT2D eigenvalue weighted by Crippen LogP contribution is 2.05. The van der Waals surface area contributed by atoms with Gasteiger partial charge < -0.3 is 25.5 Å². The van der Waals surface area contributed by atoms with Gasteiger partial charge >= 0.3 is 6.03 Å². The van der Waals surface area contributed by atoms with Crippen LogP contribution >= 0.6 is 0 Å². The Kier molecular flexibility index (Phi) is 8.75. The van der Waals surface area contributed by atoms with E-state index < -0.39 is 0 Å². The Labute approximate surface area is 135 Å². The Morgan fingerprint density at radius 2 is 1.73 bits per heavy atom. The van der Waals surface area contributed by atoms with Crippen LogP contribution in [0.25, 0.3) is 0 Å². The number of nitrogens with one attached hydrogen (secondary N) is 2. The topological polar surface area (TPSA) is 67.8 Å². The van der Waals surface area contributed by atoms with E-state index in [1.165, 1.54) is 0 Å². The standard InChI is InChI=1S/C16H34N4O2/c1-5-19-6-8-20(9-7-19)11-13(2)10-17-16(22)18-15(4)14(3)12-21/h13-15,21H,5-12H2,1-4H3,(H2,17,18,22). The molecule has 0 aromatic rings. The highest BCUT2D eigenvalue weighted by Gasteiger charge is 2.18. The molecular formula is C16H34N4O2. The van der Waals surface area contributed by atoms with Crippen molar-refractivity contribution in [1.82, 2.24) is 20.4 Å². The van der Waals surface area contributed by atoms with E-state index >= 15 is 0 Å². The van der Waals surface area contributed by atoms with E-state index in [0.29, 0.717) is 12.5 Å². The van der Waals surface area contributed by atoms with Gasteiger partial charge in [0.2, 0.25) is 0 Å². The van der Waals surface area contributed by atoms with Gasteiger partial charge in [0, 0.05) is 51.9 Å². The summed E-state index contributed by atoms with van der Waals surface area (Å²) >= 11 is 0. The first-order chi connectivity index (χ1) is 10.5. The van der Waals surface area contributed by atoms with Crippen molar-refractivity contribution in [2.45, 2.75) is 33.7 Å². The molecular weight excluding hydrogens is 280 g/mol. The first-order valence-corrected chi connectivity index (χ1v) is 8.56. The van der Waals surface area contributed by atoms with E-state index in [-0.39, 0.29) is 24.6 Å². The summed E-state index contributed by atoms with van der Waals surface area (Å²) in [5, 5.41) is 14.9. The third-order valence-electron chi connectivity index (χ3n) is 4.59. The van der Waals surface area contributed by atoms with Crippen LogP contribution in [0.4, 0.5) is 4.79 Å². The summed E-state index contributed by atoms with van der Waals surface area (Å²) in [6, 6.07) is -0.169. The average molecular weight is 314 g/mol. The Balaban J connectivity index is 2.17. The van der Waals surface area contributed by atoms with Crippen molar-refractivity contribution in [2.75, 3.05) is 52.4 Å². The number of carbonyl (C=O) groups is 1. The molecule has 6 nitrogen and oxygen atoms in total. The lowest BCUT2D eigenvalue weighted by Crippen LogP contribution is -2.49. The molecule has 3 N–H and O–H groups in total. The molecule has 1 aliphatic rings. The molecule has 0 saturated carbocycles. The van der Waals surface area contributed by atoms with Crippen molar-refractivity contribution in [3.63, 3.8) is 0 Å². The maximum absolute atomic E-state index is 11.8. The summed E-state index contributed by atoms with van der Waals surface area (Å²) in [7, 11) is 0. The number of carbonyl (C=O) groups excluding carboxylic acids is 1. The molecule has 3 atom stereocenters. The van der Waals surface area contributed by atoms with Crippen LogP contribution in [0.1, 0.15) is 27.7 Å². The molecule has 1 rings (SSSR count). The van der Waals surface area contributed by atoms with Gasteiger partial charge in [-0.1, -0.05) is 20.8 Å². The lowest BCUT2D eigenvalue weighted by molar-refractivity contribution is 0.124. The molecule has 22 heavy (non-hydrogen) atoms. The Bertz CT molecular complexity index is 319. The van der Waals surface area contributed by atoms with Gasteiger partial charge in [-0.05, 0) is 25.3 Å². The fourth-order valence-electron chi connectivity index (χ4n) is 2.62. The monoisotopic (exact) mass is 314 g/mol. The van der Waals surface area contributed by atoms with Gasteiger partial charge in [0.05, 0.1) is 0 Å². The van der Waals surface area contributed by atoms with Crippen LogP contribution < -0.4 is 10.6 Å². The number of aliphatic hydroxyl groups is 1. The molecule has 0 aromatic carbocycles. The van der Waals surface area contributed by atoms with Crippen molar-refractivity contribution >= 4 is 6.03 Å². The molecule has 130 valence electrons. The minimum atomic E-state index is -0.143. The number of amides is 2. The van der Waals surface area contributed by atoms with E-state index in [1.54, 1.807) is 0 Å². The predicted octanol–water partition coefficient (Wildman–Crippen LogP) is 0.576. The molecule has 2 amide bonds. The van der Waals surface area contributed by atoms with Gasteiger partial charge in [0.1, 0.15) is 0 Å². The van der Waals surface area contributed by atoms with E-state index in [1.807, 2.05) is 13.8 Å². The summed E-state index contributed by atoms with van der Waals surface area (Å²) in [6.45, 7) is 15.7. The average Bonchev–Trinajstić information content (AvgIpc) is 2.52. The zero-order valence-corrected chi connectivity index (χ0v) is 14.6. The fourth-order valence-corrected chi connectivity index (χ4v) is 2.62. The number of piperazine rings is 1. The van der Waals surface area contributed by atoms with Crippen LogP contribution in [0, 0.1) is 11.8 Å². The van der Waals surface area contributed by atoms with Crippen LogP contribution in [0.3, 0.4) is 0 Å². The maximum atomic E-state index is 11.8. The van der Waals surface area contributed by atoms with Gasteiger partial charge in [-0.25, -0.2) is 4.79 Å². The summed E-state index contributed by atoms with van der Waals surface area (Å²) in [5.41, 5.74) is 0. The molecule has 3 unspecified atom stereocenters. The van der Waals surface area contributed by atoms with Crippen LogP contribution in [-0.4, -0.2) is 79.4 Å². The van der Waals surface area contributed by atoms with Gasteiger partial charge in [-0.3, -0.25) is 0 Å². The third-order valence-corrected chi connectivity index (χ3v) is 4.59.